The molecule has 1 heterocycles. The predicted molar refractivity (Wildman–Crippen MR) is 146 cm³/mol. The van der Waals surface area contributed by atoms with Crippen molar-refractivity contribution in [2.45, 2.75) is 63.3 Å². The van der Waals surface area contributed by atoms with E-state index in [0.717, 1.165) is 10.4 Å². The molecule has 0 bridgehead atoms. The summed E-state index contributed by atoms with van der Waals surface area (Å²) < 4.78 is 8.33. The van der Waals surface area contributed by atoms with Gasteiger partial charge in [-0.05, 0) is 40.7 Å². The fourth-order valence-electron chi connectivity index (χ4n) is 5.56. The van der Waals surface area contributed by atoms with Crippen LogP contribution < -0.4 is 21.6 Å². The van der Waals surface area contributed by atoms with Crippen LogP contribution in [0.3, 0.4) is 0 Å². The van der Waals surface area contributed by atoms with E-state index in [1.165, 1.54) is 10.8 Å². The molecule has 1 fully saturated rings. The predicted octanol–water partition coefficient (Wildman–Crippen LogP) is 3.17. The summed E-state index contributed by atoms with van der Waals surface area (Å²) in [5.74, 6) is 0. The number of nitrogens with zero attached hydrogens (tertiary/aromatic N) is 4. The molecule has 0 saturated heterocycles. The number of aromatic nitrogens is 2. The van der Waals surface area contributed by atoms with Crippen molar-refractivity contribution in [1.29, 1.82) is 0 Å². The molecule has 3 aromatic rings. The number of benzene rings is 2. The number of nitrogens with one attached hydrogen (secondary N) is 1. The number of aliphatic hydroxyl groups excluding tert-OH is 1. The highest BCUT2D eigenvalue weighted by atomic mass is 28.4. The zero-order chi connectivity index (χ0) is 26.8. The maximum absolute atomic E-state index is 12.6. The van der Waals surface area contributed by atoms with Gasteiger partial charge in [0.05, 0.1) is 17.7 Å². The minimum Gasteiger partial charge on any atom is -0.407 e. The van der Waals surface area contributed by atoms with Gasteiger partial charge in [0.2, 0.25) is 0 Å². The van der Waals surface area contributed by atoms with Crippen molar-refractivity contribution in [2.24, 2.45) is 5.11 Å². The van der Waals surface area contributed by atoms with E-state index in [9.17, 15) is 20.2 Å². The highest BCUT2D eigenvalue weighted by Crippen LogP contribution is 2.43. The maximum Gasteiger partial charge on any atom is 0.328 e. The number of hydrogen-bond donors (Lipinski definition) is 2. The van der Waals surface area contributed by atoms with Crippen molar-refractivity contribution in [3.05, 3.63) is 104 Å². The summed E-state index contributed by atoms with van der Waals surface area (Å²) in [6.07, 6.45) is 0.968. The monoisotopic (exact) mass is 519 g/mol. The lowest BCUT2D eigenvalue weighted by atomic mass is 9.97. The highest BCUT2D eigenvalue weighted by molar-refractivity contribution is 6.99. The zero-order valence-electron chi connectivity index (χ0n) is 21.6. The third-order valence-corrected chi connectivity index (χ3v) is 12.5. The molecule has 3 atom stereocenters. The molecule has 10 heteroatoms. The van der Waals surface area contributed by atoms with Crippen LogP contribution in [0.15, 0.2) is 81.6 Å². The Hall–Kier alpha value is -3.43. The molecule has 1 aliphatic rings. The Morgan fingerprint density at radius 2 is 1.70 bits per heavy atom. The van der Waals surface area contributed by atoms with Gasteiger partial charge in [-0.15, -0.1) is 0 Å². The first-order valence-corrected chi connectivity index (χ1v) is 14.3. The molecule has 37 heavy (non-hydrogen) atoms. The van der Waals surface area contributed by atoms with E-state index < -0.39 is 37.3 Å². The number of azide groups is 1. The van der Waals surface area contributed by atoms with Crippen molar-refractivity contribution in [1.82, 2.24) is 9.55 Å². The van der Waals surface area contributed by atoms with Gasteiger partial charge in [0.25, 0.3) is 13.9 Å². The minimum absolute atomic E-state index is 0.0148. The first-order chi connectivity index (χ1) is 17.6. The van der Waals surface area contributed by atoms with Crippen LogP contribution in [0, 0.1) is 6.92 Å². The van der Waals surface area contributed by atoms with E-state index in [0.29, 0.717) is 18.4 Å². The molecule has 194 valence electrons. The summed E-state index contributed by atoms with van der Waals surface area (Å²) in [4.78, 5) is 29.8. The molecule has 1 aromatic heterocycles. The Morgan fingerprint density at radius 3 is 2.22 bits per heavy atom. The van der Waals surface area contributed by atoms with Crippen LogP contribution in [0.2, 0.25) is 5.04 Å². The van der Waals surface area contributed by atoms with Crippen LogP contribution in [0.4, 0.5) is 0 Å². The van der Waals surface area contributed by atoms with E-state index >= 15 is 0 Å². The summed E-state index contributed by atoms with van der Waals surface area (Å²) in [6.45, 7) is 8.03. The van der Waals surface area contributed by atoms with Crippen molar-refractivity contribution < 1.29 is 9.53 Å². The first-order valence-electron chi connectivity index (χ1n) is 12.4. The second kappa shape index (κ2) is 10.1. The van der Waals surface area contributed by atoms with Crippen molar-refractivity contribution in [3.63, 3.8) is 0 Å². The third kappa shape index (κ3) is 4.69. The molecular weight excluding hydrogens is 486 g/mol. The van der Waals surface area contributed by atoms with Crippen LogP contribution in [-0.4, -0.2) is 41.2 Å². The normalized spacial score (nSPS) is 22.0. The quantitative estimate of drug-likeness (QED) is 0.215. The highest BCUT2D eigenvalue weighted by Gasteiger charge is 2.54. The lowest BCUT2D eigenvalue weighted by molar-refractivity contribution is 0.0463. The molecular formula is C27H33N5O4Si. The molecule has 9 nitrogen and oxygen atoms in total. The van der Waals surface area contributed by atoms with E-state index in [2.05, 4.69) is 60.0 Å². The molecule has 2 N–H and O–H groups in total. The second-order valence-electron chi connectivity index (χ2n) is 10.8. The Labute approximate surface area is 216 Å². The van der Waals surface area contributed by atoms with Crippen LogP contribution >= 0.6 is 0 Å². The lowest BCUT2D eigenvalue weighted by Crippen LogP contribution is -2.68. The van der Waals surface area contributed by atoms with Gasteiger partial charge >= 0.3 is 5.69 Å². The molecule has 2 aromatic carbocycles. The number of aliphatic hydroxyl groups is 1. The molecule has 0 amide bonds. The Kier molecular flexibility index (Phi) is 7.30. The van der Waals surface area contributed by atoms with E-state index in [-0.39, 0.29) is 11.6 Å². The van der Waals surface area contributed by atoms with Gasteiger partial charge < -0.3 is 9.53 Å². The van der Waals surface area contributed by atoms with Crippen LogP contribution in [-0.2, 0) is 4.43 Å². The third-order valence-electron chi connectivity index (χ3n) is 7.49. The fourth-order valence-corrected chi connectivity index (χ4v) is 10.2. The van der Waals surface area contributed by atoms with Crippen molar-refractivity contribution in [3.8, 4) is 0 Å². The summed E-state index contributed by atoms with van der Waals surface area (Å²) in [5, 5.41) is 17.5. The summed E-state index contributed by atoms with van der Waals surface area (Å²) in [6, 6.07) is 19.5. The van der Waals surface area contributed by atoms with Gasteiger partial charge in [-0.1, -0.05) is 86.5 Å². The van der Waals surface area contributed by atoms with Crippen LogP contribution in [0.25, 0.3) is 10.4 Å². The zero-order valence-corrected chi connectivity index (χ0v) is 22.6. The molecule has 1 aliphatic carbocycles. The Balaban J connectivity index is 1.79. The van der Waals surface area contributed by atoms with Gasteiger partial charge in [-0.2, -0.15) is 0 Å². The molecule has 1 saturated carbocycles. The maximum atomic E-state index is 12.6. The number of aromatic amines is 1. The summed E-state index contributed by atoms with van der Waals surface area (Å²) in [7, 11) is -2.96. The van der Waals surface area contributed by atoms with Crippen LogP contribution in [0.5, 0.6) is 0 Å². The van der Waals surface area contributed by atoms with E-state index in [1.54, 1.807) is 6.92 Å². The summed E-state index contributed by atoms with van der Waals surface area (Å²) >= 11 is 0. The van der Waals surface area contributed by atoms with Gasteiger partial charge in [-0.3, -0.25) is 14.3 Å². The average Bonchev–Trinajstić information content (AvgIpc) is 3.18. The SMILES string of the molecule is Cc1cn([C@H]2CC[C@](CO[Si](c3ccccc3)(c3ccccc3)C(C)(C)C)(N=[N+]=[N-])[C@@H]2O)c(=O)[nH]c1=O. The van der Waals surface area contributed by atoms with Gasteiger partial charge in [0.1, 0.15) is 0 Å². The van der Waals surface area contributed by atoms with E-state index in [1.807, 2.05) is 36.4 Å². The summed E-state index contributed by atoms with van der Waals surface area (Å²) in [5.41, 5.74) is 7.51. The minimum atomic E-state index is -2.96. The standard InChI is InChI=1S/C27H33N5O4Si/c1-19-17-32(25(35)29-24(19)34)22-15-16-27(23(22)33,30-31-28)18-36-37(26(2,3)4,20-11-7-5-8-12-20)21-13-9-6-10-14-21/h5-14,17,22-23,33H,15-16,18H2,1-4H3,(H,29,34,35)/t22-,23+,27+/m0/s1. The van der Waals surface area contributed by atoms with Gasteiger partial charge in [-0.25, -0.2) is 4.79 Å². The Morgan fingerprint density at radius 1 is 1.14 bits per heavy atom. The average molecular weight is 520 g/mol. The topological polar surface area (TPSA) is 133 Å². The second-order valence-corrected chi connectivity index (χ2v) is 15.1. The number of H-pyrrole nitrogens is 1. The van der Waals surface area contributed by atoms with Crippen LogP contribution in [0.1, 0.15) is 45.2 Å². The molecule has 0 unspecified atom stereocenters. The smallest absolute Gasteiger partial charge is 0.328 e. The first kappa shape index (κ1) is 26.6. The van der Waals surface area contributed by atoms with Gasteiger partial charge in [0.15, 0.2) is 0 Å². The molecule has 4 rings (SSSR count). The number of aryl methyl sites for hydroxylation is 1. The van der Waals surface area contributed by atoms with E-state index in [4.69, 9.17) is 4.43 Å². The lowest BCUT2D eigenvalue weighted by Gasteiger charge is -2.45. The largest absolute Gasteiger partial charge is 0.407 e. The molecule has 0 spiro atoms. The Bertz CT molecular complexity index is 1370. The van der Waals surface area contributed by atoms with Gasteiger partial charge in [0, 0.05) is 23.3 Å². The molecule has 0 aliphatic heterocycles. The fraction of sp³-hybridized carbons (Fsp3) is 0.407. The van der Waals surface area contributed by atoms with Crippen molar-refractivity contribution >= 4 is 18.7 Å². The number of hydrogen-bond acceptors (Lipinski definition) is 5. The molecule has 0 radical (unpaired) electrons. The van der Waals surface area contributed by atoms with Crippen molar-refractivity contribution in [2.75, 3.05) is 6.61 Å². The number of rotatable bonds is 7.